The molecular formula is C4H10F2Sn. The van der Waals surface area contributed by atoms with Crippen molar-refractivity contribution in [2.75, 3.05) is 0 Å². The Hall–Kier alpha value is 0.659. The van der Waals surface area contributed by atoms with Crippen LogP contribution in [0.15, 0.2) is 0 Å². The Morgan fingerprint density at radius 1 is 1.14 bits per heavy atom. The van der Waals surface area contributed by atoms with Crippen LogP contribution in [0.5, 0.6) is 0 Å². The summed E-state index contributed by atoms with van der Waals surface area (Å²) in [6.45, 7) is 3.17. The molecule has 0 saturated heterocycles. The summed E-state index contributed by atoms with van der Waals surface area (Å²) in [6.07, 6.45) is 0. The maximum absolute atomic E-state index is 12.1. The second-order valence-electron chi connectivity index (χ2n) is 1.56. The fourth-order valence-electron chi connectivity index (χ4n) is 0.250. The summed E-state index contributed by atoms with van der Waals surface area (Å²) in [7, 11) is 0. The Kier molecular flexibility index (Phi) is 3.11. The summed E-state index contributed by atoms with van der Waals surface area (Å²) in [5, 5.41) is 0. The first-order valence-corrected chi connectivity index (χ1v) is 8.69. The normalized spacial score (nSPS) is 12.0. The fraction of sp³-hybridized carbons (Fsp3) is 1.00. The molecule has 7 heavy (non-hydrogen) atoms. The predicted molar refractivity (Wildman–Crippen MR) is 28.9 cm³/mol. The molecule has 0 heterocycles. The van der Waals surface area contributed by atoms with E-state index in [4.69, 9.17) is 0 Å². The molecule has 0 unspecified atom stereocenters. The molecule has 0 nitrogen and oxygen atoms in total. The molecule has 0 aromatic heterocycles. The first-order chi connectivity index (χ1) is 3.12. The zero-order valence-electron chi connectivity index (χ0n) is 4.67. The van der Waals surface area contributed by atoms with Gasteiger partial charge in [-0.15, -0.1) is 0 Å². The second kappa shape index (κ2) is 2.84. The SMILES string of the molecule is C[CH2][Sn]([F])([F])[CH2]C. The number of hydrogen-bond donors (Lipinski definition) is 0. The molecule has 0 bridgehead atoms. The average Bonchev–Trinajstić information content (AvgIpc) is 1.68. The van der Waals surface area contributed by atoms with Crippen LogP contribution < -0.4 is 0 Å². The van der Waals surface area contributed by atoms with Gasteiger partial charge in [-0.3, -0.25) is 0 Å². The van der Waals surface area contributed by atoms with E-state index in [0.29, 0.717) is 0 Å². The van der Waals surface area contributed by atoms with Crippen molar-refractivity contribution >= 4 is 19.5 Å². The third-order valence-corrected chi connectivity index (χ3v) is 6.94. The van der Waals surface area contributed by atoms with Gasteiger partial charge in [0.05, 0.1) is 0 Å². The molecule has 3 heteroatoms. The van der Waals surface area contributed by atoms with E-state index < -0.39 is 19.5 Å². The topological polar surface area (TPSA) is 0 Å². The average molecular weight is 215 g/mol. The van der Waals surface area contributed by atoms with Crippen LogP contribution in [-0.2, 0) is 0 Å². The molecule has 0 atom stereocenters. The summed E-state index contributed by atoms with van der Waals surface area (Å²) in [5.41, 5.74) is 0. The second-order valence-corrected chi connectivity index (χ2v) is 10.5. The molecule has 0 aliphatic carbocycles. The van der Waals surface area contributed by atoms with Crippen molar-refractivity contribution in [3.8, 4) is 0 Å². The van der Waals surface area contributed by atoms with E-state index >= 15 is 0 Å². The Bertz CT molecular complexity index is 47.7. The Balaban J connectivity index is 3.36. The van der Waals surface area contributed by atoms with Crippen molar-refractivity contribution in [1.29, 1.82) is 0 Å². The predicted octanol–water partition coefficient (Wildman–Crippen LogP) is 2.41. The van der Waals surface area contributed by atoms with Crippen LogP contribution in [-0.4, -0.2) is 19.5 Å². The molecule has 0 aliphatic rings. The van der Waals surface area contributed by atoms with Gasteiger partial charge in [0.2, 0.25) is 0 Å². The number of hydrogen-bond acceptors (Lipinski definition) is 0. The van der Waals surface area contributed by atoms with E-state index in [-0.39, 0.29) is 8.87 Å². The van der Waals surface area contributed by atoms with Crippen molar-refractivity contribution in [2.45, 2.75) is 22.7 Å². The Labute approximate surface area is 48.3 Å². The summed E-state index contributed by atoms with van der Waals surface area (Å²) in [5.74, 6) is 0. The first kappa shape index (κ1) is 7.66. The number of halogens is 2. The van der Waals surface area contributed by atoms with Crippen molar-refractivity contribution in [3.05, 3.63) is 0 Å². The van der Waals surface area contributed by atoms with Crippen LogP contribution >= 0.6 is 0 Å². The van der Waals surface area contributed by atoms with Gasteiger partial charge in [0.1, 0.15) is 0 Å². The molecule has 0 aromatic carbocycles. The van der Waals surface area contributed by atoms with Gasteiger partial charge in [0.25, 0.3) is 0 Å². The molecule has 0 N–H and O–H groups in total. The molecule has 0 aliphatic heterocycles. The number of rotatable bonds is 2. The van der Waals surface area contributed by atoms with Crippen LogP contribution in [0.25, 0.3) is 0 Å². The summed E-state index contributed by atoms with van der Waals surface area (Å²) < 4.78 is 24.5. The Morgan fingerprint density at radius 2 is 1.43 bits per heavy atom. The van der Waals surface area contributed by atoms with E-state index in [1.165, 1.54) is 0 Å². The molecule has 0 aromatic rings. The summed E-state index contributed by atoms with van der Waals surface area (Å²) in [6, 6.07) is 0. The molecule has 0 saturated carbocycles. The van der Waals surface area contributed by atoms with Gasteiger partial charge < -0.3 is 0 Å². The zero-order valence-corrected chi connectivity index (χ0v) is 7.52. The standard InChI is InChI=1S/2C2H5.2FH.Sn/c2*1-2;;;/h2*1H2,2H3;2*1H;/q;;;;+2/p-2. The van der Waals surface area contributed by atoms with Crippen LogP contribution in [0.2, 0.25) is 8.87 Å². The van der Waals surface area contributed by atoms with Gasteiger partial charge in [-0.1, -0.05) is 0 Å². The molecule has 0 spiro atoms. The summed E-state index contributed by atoms with van der Waals surface area (Å²) in [4.78, 5) is 0. The molecule has 0 radical (unpaired) electrons. The van der Waals surface area contributed by atoms with Gasteiger partial charge in [-0.25, -0.2) is 0 Å². The monoisotopic (exact) mass is 216 g/mol. The molecule has 0 rings (SSSR count). The van der Waals surface area contributed by atoms with E-state index in [9.17, 15) is 5.73 Å². The molecular weight excluding hydrogens is 205 g/mol. The third-order valence-electron chi connectivity index (χ3n) is 1.03. The van der Waals surface area contributed by atoms with Gasteiger partial charge in [-0.2, -0.15) is 0 Å². The van der Waals surface area contributed by atoms with Crippen molar-refractivity contribution < 1.29 is 5.73 Å². The zero-order chi connectivity index (χ0) is 5.91. The van der Waals surface area contributed by atoms with Crippen molar-refractivity contribution in [2.24, 2.45) is 0 Å². The van der Waals surface area contributed by atoms with Gasteiger partial charge in [-0.05, 0) is 0 Å². The quantitative estimate of drug-likeness (QED) is 0.620. The minimum absolute atomic E-state index is 0.172. The van der Waals surface area contributed by atoms with E-state index in [0.717, 1.165) is 0 Å². The fourth-order valence-corrected chi connectivity index (χ4v) is 1.68. The third kappa shape index (κ3) is 3.26. The Morgan fingerprint density at radius 3 is 1.43 bits per heavy atom. The summed E-state index contributed by atoms with van der Waals surface area (Å²) >= 11 is -4.28. The van der Waals surface area contributed by atoms with Gasteiger partial charge in [0, 0.05) is 0 Å². The van der Waals surface area contributed by atoms with Crippen LogP contribution in [0.3, 0.4) is 0 Å². The van der Waals surface area contributed by atoms with Crippen molar-refractivity contribution in [1.82, 2.24) is 0 Å². The van der Waals surface area contributed by atoms with Crippen LogP contribution in [0, 0.1) is 0 Å². The molecule has 0 amide bonds. The van der Waals surface area contributed by atoms with Gasteiger partial charge >= 0.3 is 48.0 Å². The molecule has 44 valence electrons. The van der Waals surface area contributed by atoms with E-state index in [1.54, 1.807) is 13.8 Å². The van der Waals surface area contributed by atoms with Gasteiger partial charge in [0.15, 0.2) is 0 Å². The minimum atomic E-state index is -4.28. The van der Waals surface area contributed by atoms with E-state index in [2.05, 4.69) is 0 Å². The van der Waals surface area contributed by atoms with Crippen molar-refractivity contribution in [3.63, 3.8) is 0 Å². The molecule has 0 fully saturated rings. The first-order valence-electron chi connectivity index (χ1n) is 2.50. The van der Waals surface area contributed by atoms with E-state index in [1.807, 2.05) is 0 Å². The maximum atomic E-state index is 12.1. The van der Waals surface area contributed by atoms with Crippen LogP contribution in [0.1, 0.15) is 13.8 Å². The van der Waals surface area contributed by atoms with Crippen LogP contribution in [0.4, 0.5) is 5.73 Å².